The molecule has 1 unspecified atom stereocenters. The number of alkyl halides is 3. The molecule has 4 rings (SSSR count). The Balaban J connectivity index is 1.40. The molecule has 1 fully saturated rings. The van der Waals surface area contributed by atoms with Gasteiger partial charge in [0.25, 0.3) is 5.91 Å². The number of carbonyl (C=O) groups is 2. The number of nitrogens with one attached hydrogen (secondary N) is 2. The van der Waals surface area contributed by atoms with E-state index in [0.29, 0.717) is 46.5 Å². The molecule has 11 heteroatoms. The van der Waals surface area contributed by atoms with Crippen LogP contribution in [0.3, 0.4) is 0 Å². The minimum atomic E-state index is -4.55. The number of hydrogen-bond acceptors (Lipinski definition) is 5. The van der Waals surface area contributed by atoms with Crippen molar-refractivity contribution in [1.82, 2.24) is 15.3 Å². The number of amides is 2. The van der Waals surface area contributed by atoms with Crippen molar-refractivity contribution in [3.63, 3.8) is 0 Å². The van der Waals surface area contributed by atoms with Crippen molar-refractivity contribution in [3.8, 4) is 0 Å². The van der Waals surface area contributed by atoms with Gasteiger partial charge in [-0.15, -0.1) is 0 Å². The number of anilines is 2. The first-order valence-corrected chi connectivity index (χ1v) is 13.0. The Morgan fingerprint density at radius 2 is 1.77 bits per heavy atom. The Hall–Kier alpha value is -3.66. The predicted octanol–water partition coefficient (Wildman–Crippen LogP) is 6.06. The number of hydrogen-bond donors (Lipinski definition) is 2. The van der Waals surface area contributed by atoms with Crippen LogP contribution in [0.4, 0.5) is 24.8 Å². The molecule has 1 aliphatic heterocycles. The van der Waals surface area contributed by atoms with Gasteiger partial charge in [0.1, 0.15) is 17.3 Å². The molecule has 0 spiro atoms. The van der Waals surface area contributed by atoms with E-state index in [4.69, 9.17) is 11.6 Å². The second-order valence-corrected chi connectivity index (χ2v) is 10.2. The number of halogens is 4. The van der Waals surface area contributed by atoms with Gasteiger partial charge >= 0.3 is 6.18 Å². The van der Waals surface area contributed by atoms with E-state index in [9.17, 15) is 22.8 Å². The van der Waals surface area contributed by atoms with Crippen molar-refractivity contribution < 1.29 is 22.8 Å². The Morgan fingerprint density at radius 3 is 2.38 bits per heavy atom. The van der Waals surface area contributed by atoms with E-state index in [0.717, 1.165) is 18.9 Å². The zero-order valence-corrected chi connectivity index (χ0v) is 22.3. The van der Waals surface area contributed by atoms with Gasteiger partial charge in [0.15, 0.2) is 0 Å². The molecule has 2 aromatic heterocycles. The highest BCUT2D eigenvalue weighted by Crippen LogP contribution is 2.32. The van der Waals surface area contributed by atoms with E-state index in [2.05, 4.69) is 27.5 Å². The molecule has 2 N–H and O–H groups in total. The number of piperidine rings is 1. The average Bonchev–Trinajstić information content (AvgIpc) is 2.92. The molecule has 7 nitrogen and oxygen atoms in total. The summed E-state index contributed by atoms with van der Waals surface area (Å²) < 4.78 is 40.1. The summed E-state index contributed by atoms with van der Waals surface area (Å²) in [6.45, 7) is 5.09. The van der Waals surface area contributed by atoms with Crippen LogP contribution in [0.2, 0.25) is 5.02 Å². The van der Waals surface area contributed by atoms with E-state index >= 15 is 0 Å². The molecule has 1 aliphatic rings. The van der Waals surface area contributed by atoms with Crippen molar-refractivity contribution in [1.29, 1.82) is 0 Å². The molecule has 1 atom stereocenters. The van der Waals surface area contributed by atoms with Crippen molar-refractivity contribution in [2.75, 3.05) is 23.3 Å². The van der Waals surface area contributed by atoms with E-state index in [-0.39, 0.29) is 24.2 Å². The van der Waals surface area contributed by atoms with Gasteiger partial charge in [-0.05, 0) is 67.6 Å². The lowest BCUT2D eigenvalue weighted by Crippen LogP contribution is -2.35. The molecule has 0 radical (unpaired) electrons. The lowest BCUT2D eigenvalue weighted by Gasteiger charge is -2.33. The lowest BCUT2D eigenvalue weighted by atomic mass is 9.99. The third-order valence-corrected chi connectivity index (χ3v) is 7.06. The summed E-state index contributed by atoms with van der Waals surface area (Å²) in [6, 6.07) is 12.0. The number of rotatable bonds is 7. The van der Waals surface area contributed by atoms with E-state index in [1.54, 1.807) is 43.3 Å². The molecule has 39 heavy (non-hydrogen) atoms. The van der Waals surface area contributed by atoms with Gasteiger partial charge in [0.05, 0.1) is 5.92 Å². The maximum absolute atomic E-state index is 13.4. The molecule has 206 valence electrons. The molecule has 3 heterocycles. The van der Waals surface area contributed by atoms with E-state index < -0.39 is 17.8 Å². The highest BCUT2D eigenvalue weighted by molar-refractivity contribution is 6.30. The fourth-order valence-corrected chi connectivity index (χ4v) is 4.41. The van der Waals surface area contributed by atoms with Crippen molar-refractivity contribution in [2.45, 2.75) is 45.3 Å². The monoisotopic (exact) mass is 559 g/mol. The first-order valence-electron chi connectivity index (χ1n) is 12.6. The fourth-order valence-electron chi connectivity index (χ4n) is 4.28. The van der Waals surface area contributed by atoms with Crippen LogP contribution in [-0.2, 0) is 17.5 Å². The first-order chi connectivity index (χ1) is 18.5. The summed E-state index contributed by atoms with van der Waals surface area (Å²) in [6.07, 6.45) is -1.32. The zero-order chi connectivity index (χ0) is 28.2. The Kier molecular flexibility index (Phi) is 8.74. The standard InChI is InChI=1S/C28H29ClF3N5O2/c1-17-11-13-37(14-12-17)25-21(5-9-23(35-25)28(30,31)32)16-34-26(38)18(2)20-6-10-24(33-15-20)36-27(39)19-3-7-22(29)8-4-19/h3-10,15,17-18H,11-14,16H2,1-2H3,(H,34,38)(H,33,36,39). The summed E-state index contributed by atoms with van der Waals surface area (Å²) in [7, 11) is 0. The Labute approximate surface area is 229 Å². The molecule has 0 bridgehead atoms. The van der Waals surface area contributed by atoms with Crippen LogP contribution in [0.25, 0.3) is 0 Å². The third-order valence-electron chi connectivity index (χ3n) is 6.81. The van der Waals surface area contributed by atoms with E-state index in [1.807, 2.05) is 4.90 Å². The van der Waals surface area contributed by atoms with Crippen LogP contribution in [0.15, 0.2) is 54.7 Å². The summed E-state index contributed by atoms with van der Waals surface area (Å²) in [5, 5.41) is 6.03. The highest BCUT2D eigenvalue weighted by Gasteiger charge is 2.34. The van der Waals surface area contributed by atoms with Gasteiger partial charge < -0.3 is 15.5 Å². The number of nitrogens with zero attached hydrogens (tertiary/aromatic N) is 3. The summed E-state index contributed by atoms with van der Waals surface area (Å²) in [5.74, 6) is -0.161. The molecular weight excluding hydrogens is 531 g/mol. The number of aromatic nitrogens is 2. The van der Waals surface area contributed by atoms with Crippen LogP contribution in [0, 0.1) is 5.92 Å². The second kappa shape index (κ2) is 12.0. The van der Waals surface area contributed by atoms with Gasteiger partial charge in [-0.25, -0.2) is 9.97 Å². The normalized spacial score (nSPS) is 15.1. The second-order valence-electron chi connectivity index (χ2n) is 9.72. The Morgan fingerprint density at radius 1 is 1.08 bits per heavy atom. The van der Waals surface area contributed by atoms with Crippen molar-refractivity contribution in [2.24, 2.45) is 5.92 Å². The van der Waals surface area contributed by atoms with Gasteiger partial charge in [0.2, 0.25) is 5.91 Å². The lowest BCUT2D eigenvalue weighted by molar-refractivity contribution is -0.141. The summed E-state index contributed by atoms with van der Waals surface area (Å²) >= 11 is 5.85. The van der Waals surface area contributed by atoms with E-state index in [1.165, 1.54) is 12.3 Å². The summed E-state index contributed by atoms with van der Waals surface area (Å²) in [4.78, 5) is 35.3. The fraction of sp³-hybridized carbons (Fsp3) is 0.357. The summed E-state index contributed by atoms with van der Waals surface area (Å²) in [5.41, 5.74) is 0.618. The minimum absolute atomic E-state index is 0.0400. The van der Waals surface area contributed by atoms with Crippen LogP contribution in [0.1, 0.15) is 59.8 Å². The average molecular weight is 560 g/mol. The minimum Gasteiger partial charge on any atom is -0.356 e. The third kappa shape index (κ3) is 7.26. The molecule has 0 saturated carbocycles. The van der Waals surface area contributed by atoms with Gasteiger partial charge in [0, 0.05) is 42.0 Å². The number of pyridine rings is 2. The van der Waals surface area contributed by atoms with Crippen molar-refractivity contribution >= 4 is 35.1 Å². The van der Waals surface area contributed by atoms with Crippen LogP contribution in [-0.4, -0.2) is 34.9 Å². The van der Waals surface area contributed by atoms with Crippen LogP contribution >= 0.6 is 11.6 Å². The SMILES string of the molecule is CC1CCN(c2nc(C(F)(F)F)ccc2CNC(=O)C(C)c2ccc(NC(=O)c3ccc(Cl)cc3)nc2)CC1. The van der Waals surface area contributed by atoms with Gasteiger partial charge in [-0.2, -0.15) is 13.2 Å². The van der Waals surface area contributed by atoms with Crippen LogP contribution < -0.4 is 15.5 Å². The topological polar surface area (TPSA) is 87.2 Å². The predicted molar refractivity (Wildman–Crippen MR) is 144 cm³/mol. The van der Waals surface area contributed by atoms with Crippen molar-refractivity contribution in [3.05, 3.63) is 82.1 Å². The van der Waals surface area contributed by atoms with Crippen LogP contribution in [0.5, 0.6) is 0 Å². The molecule has 1 saturated heterocycles. The highest BCUT2D eigenvalue weighted by atomic mass is 35.5. The molecule has 1 aromatic carbocycles. The number of benzene rings is 1. The molecule has 3 aromatic rings. The smallest absolute Gasteiger partial charge is 0.356 e. The zero-order valence-electron chi connectivity index (χ0n) is 21.6. The van der Waals surface area contributed by atoms with Gasteiger partial charge in [-0.3, -0.25) is 9.59 Å². The molecule has 0 aliphatic carbocycles. The van der Waals surface area contributed by atoms with Gasteiger partial charge in [-0.1, -0.05) is 30.7 Å². The first kappa shape index (κ1) is 28.4. The maximum atomic E-state index is 13.4. The molecule has 2 amide bonds. The maximum Gasteiger partial charge on any atom is 0.433 e. The molecular formula is C28H29ClF3N5O2. The largest absolute Gasteiger partial charge is 0.433 e. The number of carbonyl (C=O) groups excluding carboxylic acids is 2. The quantitative estimate of drug-likeness (QED) is 0.367. The Bertz CT molecular complexity index is 1310.